The zero-order valence-electron chi connectivity index (χ0n) is 14.5. The average Bonchev–Trinajstić information content (AvgIpc) is 2.68. The minimum absolute atomic E-state index is 0. The average molecular weight is 539 g/mol. The molecule has 0 radical (unpaired) electrons. The number of phenols is 2. The summed E-state index contributed by atoms with van der Waals surface area (Å²) in [4.78, 5) is 9.07. The van der Waals surface area contributed by atoms with E-state index in [2.05, 4.69) is 9.98 Å². The van der Waals surface area contributed by atoms with E-state index in [1.165, 1.54) is 0 Å². The number of nitrogens with zero attached hydrogens (tertiary/aromatic N) is 2. The second-order valence-electron chi connectivity index (χ2n) is 5.82. The third-order valence-electron chi connectivity index (χ3n) is 3.96. The van der Waals surface area contributed by atoms with Crippen molar-refractivity contribution in [3.63, 3.8) is 0 Å². The van der Waals surface area contributed by atoms with Gasteiger partial charge in [0.2, 0.25) is 0 Å². The molecule has 27 heavy (non-hydrogen) atoms. The summed E-state index contributed by atoms with van der Waals surface area (Å²) in [6.07, 6.45) is 3.32. The molecule has 3 rings (SSSR count). The summed E-state index contributed by atoms with van der Waals surface area (Å²) in [5, 5.41) is 19.7. The maximum Gasteiger partial charge on any atom is 0.124 e. The molecule has 0 heterocycles. The summed E-state index contributed by atoms with van der Waals surface area (Å²) in [5.74, 6) is 0.394. The quantitative estimate of drug-likeness (QED) is 0.457. The largest absolute Gasteiger partial charge is 0.507 e. The zero-order chi connectivity index (χ0) is 18.2. The fraction of sp³-hybridized carbons (Fsp3) is 0.0909. The van der Waals surface area contributed by atoms with Gasteiger partial charge >= 0.3 is 0 Å². The van der Waals surface area contributed by atoms with Crippen molar-refractivity contribution in [3.05, 3.63) is 95.6 Å². The first-order chi connectivity index (χ1) is 12.7. The number of phenolic OH excluding ortho intramolecular Hbond substituents is 2. The van der Waals surface area contributed by atoms with Crippen molar-refractivity contribution in [2.24, 2.45) is 9.98 Å². The molecule has 0 spiro atoms. The van der Waals surface area contributed by atoms with Gasteiger partial charge < -0.3 is 10.2 Å². The molecule has 0 saturated heterocycles. The minimum Gasteiger partial charge on any atom is -0.507 e. The maximum absolute atomic E-state index is 9.90. The van der Waals surface area contributed by atoms with E-state index in [9.17, 15) is 10.2 Å². The molecule has 1 unspecified atom stereocenters. The van der Waals surface area contributed by atoms with E-state index in [4.69, 9.17) is 0 Å². The molecule has 0 aromatic heterocycles. The summed E-state index contributed by atoms with van der Waals surface area (Å²) in [6, 6.07) is 23.8. The monoisotopic (exact) mass is 539 g/mol. The summed E-state index contributed by atoms with van der Waals surface area (Å²) in [7, 11) is 0. The molecule has 4 nitrogen and oxygen atoms in total. The predicted octanol–water partition coefficient (Wildman–Crippen LogP) is 4.37. The van der Waals surface area contributed by atoms with Crippen molar-refractivity contribution in [1.29, 1.82) is 0 Å². The summed E-state index contributed by atoms with van der Waals surface area (Å²) in [6.45, 7) is 0.433. The van der Waals surface area contributed by atoms with Gasteiger partial charge in [0.15, 0.2) is 0 Å². The smallest absolute Gasteiger partial charge is 0.124 e. The predicted molar refractivity (Wildman–Crippen MR) is 105 cm³/mol. The van der Waals surface area contributed by atoms with Crippen LogP contribution in [0, 0.1) is 0 Å². The van der Waals surface area contributed by atoms with Gasteiger partial charge in [0.1, 0.15) is 11.5 Å². The van der Waals surface area contributed by atoms with Crippen LogP contribution in [0.3, 0.4) is 0 Å². The van der Waals surface area contributed by atoms with Crippen LogP contribution in [0.4, 0.5) is 0 Å². The first-order valence-electron chi connectivity index (χ1n) is 8.38. The van der Waals surface area contributed by atoms with Crippen molar-refractivity contribution >= 4 is 12.4 Å². The molecular formula is C22H20N2O2Pt. The molecule has 140 valence electrons. The molecule has 0 fully saturated rings. The van der Waals surface area contributed by atoms with E-state index in [-0.39, 0.29) is 38.6 Å². The van der Waals surface area contributed by atoms with Gasteiger partial charge in [0.25, 0.3) is 0 Å². The number of aliphatic imine (C=N–C) groups is 2. The van der Waals surface area contributed by atoms with Gasteiger partial charge in [-0.15, -0.1) is 0 Å². The molecule has 0 amide bonds. The van der Waals surface area contributed by atoms with E-state index < -0.39 is 0 Å². The molecule has 0 aliphatic rings. The molecule has 2 N–H and O–H groups in total. The third kappa shape index (κ3) is 5.90. The van der Waals surface area contributed by atoms with E-state index >= 15 is 0 Å². The van der Waals surface area contributed by atoms with Crippen LogP contribution in [-0.2, 0) is 21.1 Å². The van der Waals surface area contributed by atoms with Crippen LogP contribution in [0.2, 0.25) is 0 Å². The summed E-state index contributed by atoms with van der Waals surface area (Å²) < 4.78 is 0. The van der Waals surface area contributed by atoms with E-state index in [1.54, 1.807) is 36.7 Å². The SMILES string of the molecule is Oc1ccccc1C=NCC(N=Cc1ccccc1O)c1ccccc1.[Pt]. The molecule has 0 bridgehead atoms. The number of hydrogen-bond donors (Lipinski definition) is 2. The van der Waals surface area contributed by atoms with Crippen molar-refractivity contribution in [1.82, 2.24) is 0 Å². The van der Waals surface area contributed by atoms with Gasteiger partial charge in [0.05, 0.1) is 12.6 Å². The summed E-state index contributed by atoms with van der Waals surface area (Å²) >= 11 is 0. The Morgan fingerprint density at radius 3 is 1.81 bits per heavy atom. The van der Waals surface area contributed by atoms with Gasteiger partial charge in [0, 0.05) is 44.6 Å². The Hall–Kier alpha value is -2.71. The number of aromatic hydroxyl groups is 2. The van der Waals surface area contributed by atoms with E-state index in [0.29, 0.717) is 17.7 Å². The number of rotatable bonds is 6. The topological polar surface area (TPSA) is 65.2 Å². The Labute approximate surface area is 173 Å². The Balaban J connectivity index is 0.00000261. The molecule has 0 saturated carbocycles. The van der Waals surface area contributed by atoms with Crippen LogP contribution in [-0.4, -0.2) is 29.2 Å². The second-order valence-corrected chi connectivity index (χ2v) is 5.82. The first-order valence-corrected chi connectivity index (χ1v) is 8.38. The standard InChI is InChI=1S/C22H20N2O2.Pt/c25-21-12-6-4-10-18(21)14-23-16-20(17-8-2-1-3-9-17)24-15-19-11-5-7-13-22(19)26;/h1-15,20,25-26H,16H2;. The first kappa shape index (κ1) is 20.6. The van der Waals surface area contributed by atoms with Crippen molar-refractivity contribution in [3.8, 4) is 11.5 Å². The fourth-order valence-corrected chi connectivity index (χ4v) is 2.53. The molecule has 0 aliphatic heterocycles. The van der Waals surface area contributed by atoms with Crippen LogP contribution in [0.5, 0.6) is 11.5 Å². The minimum atomic E-state index is -0.182. The molecule has 3 aromatic carbocycles. The van der Waals surface area contributed by atoms with Gasteiger partial charge in [-0.3, -0.25) is 9.98 Å². The van der Waals surface area contributed by atoms with Gasteiger partial charge in [-0.1, -0.05) is 54.6 Å². The Morgan fingerprint density at radius 2 is 1.22 bits per heavy atom. The molecule has 5 heteroatoms. The molecule has 1 atom stereocenters. The van der Waals surface area contributed by atoms with Gasteiger partial charge in [-0.05, 0) is 29.8 Å². The zero-order valence-corrected chi connectivity index (χ0v) is 16.8. The number of para-hydroxylation sites is 2. The van der Waals surface area contributed by atoms with Crippen molar-refractivity contribution in [2.45, 2.75) is 6.04 Å². The van der Waals surface area contributed by atoms with Crippen LogP contribution >= 0.6 is 0 Å². The number of hydrogen-bond acceptors (Lipinski definition) is 4. The van der Waals surface area contributed by atoms with Crippen LogP contribution < -0.4 is 0 Å². The van der Waals surface area contributed by atoms with Gasteiger partial charge in [-0.25, -0.2) is 0 Å². The van der Waals surface area contributed by atoms with Crippen LogP contribution in [0.15, 0.2) is 88.8 Å². The number of benzene rings is 3. The normalized spacial score (nSPS) is 12.1. The summed E-state index contributed by atoms with van der Waals surface area (Å²) in [5.41, 5.74) is 2.37. The fourth-order valence-electron chi connectivity index (χ4n) is 2.53. The molecule has 0 aliphatic carbocycles. The van der Waals surface area contributed by atoms with Crippen molar-refractivity contribution in [2.75, 3.05) is 6.54 Å². The Morgan fingerprint density at radius 1 is 0.704 bits per heavy atom. The Kier molecular flexibility index (Phi) is 7.96. The van der Waals surface area contributed by atoms with Crippen LogP contribution in [0.25, 0.3) is 0 Å². The molecule has 3 aromatic rings. The third-order valence-corrected chi connectivity index (χ3v) is 3.96. The van der Waals surface area contributed by atoms with E-state index in [0.717, 1.165) is 5.56 Å². The second kappa shape index (κ2) is 10.4. The van der Waals surface area contributed by atoms with E-state index in [1.807, 2.05) is 54.6 Å². The Bertz CT molecular complexity index is 911. The van der Waals surface area contributed by atoms with Crippen molar-refractivity contribution < 1.29 is 31.3 Å². The maximum atomic E-state index is 9.90. The van der Waals surface area contributed by atoms with Gasteiger partial charge in [-0.2, -0.15) is 0 Å². The van der Waals surface area contributed by atoms with Crippen LogP contribution in [0.1, 0.15) is 22.7 Å². The molecular weight excluding hydrogens is 519 g/mol.